The van der Waals surface area contributed by atoms with Crippen LogP contribution in [0.25, 0.3) is 0 Å². The molecule has 0 aliphatic carbocycles. The highest BCUT2D eigenvalue weighted by molar-refractivity contribution is 5.69. The minimum atomic E-state index is -0.468. The summed E-state index contributed by atoms with van der Waals surface area (Å²) in [6.07, 6.45) is -0.249. The lowest BCUT2D eigenvalue weighted by molar-refractivity contribution is 0.0158. The molecule has 1 atom stereocenters. The van der Waals surface area contributed by atoms with Crippen molar-refractivity contribution in [2.75, 3.05) is 24.5 Å². The molecule has 0 bridgehead atoms. The maximum atomic E-state index is 12.2. The van der Waals surface area contributed by atoms with E-state index in [4.69, 9.17) is 4.74 Å². The van der Waals surface area contributed by atoms with Crippen LogP contribution in [0.3, 0.4) is 0 Å². The minimum Gasteiger partial charge on any atom is -0.444 e. The van der Waals surface area contributed by atoms with Gasteiger partial charge in [-0.1, -0.05) is 0 Å². The van der Waals surface area contributed by atoms with Crippen molar-refractivity contribution in [2.24, 2.45) is 0 Å². The van der Waals surface area contributed by atoms with Gasteiger partial charge in [0, 0.05) is 37.1 Å². The molecule has 1 aromatic heterocycles. The molecule has 1 aliphatic rings. The fraction of sp³-hybridized carbons (Fsp3) is 0.688. The third-order valence-corrected chi connectivity index (χ3v) is 3.51. The van der Waals surface area contributed by atoms with Crippen molar-refractivity contribution in [3.05, 3.63) is 17.5 Å². The summed E-state index contributed by atoms with van der Waals surface area (Å²) >= 11 is 0. The second-order valence-electron chi connectivity index (χ2n) is 6.92. The Morgan fingerprint density at radius 2 is 1.82 bits per heavy atom. The van der Waals surface area contributed by atoms with Gasteiger partial charge in [0.05, 0.1) is 0 Å². The standard InChI is InChI=1S/C16H26N4O2/c1-11-9-12(2)18-14(17-11)19-7-8-20(13(3)10-19)15(21)22-16(4,5)6/h9,13H,7-8,10H2,1-6H3/t13-/m0/s1. The zero-order valence-corrected chi connectivity index (χ0v) is 14.4. The number of piperazine rings is 1. The van der Waals surface area contributed by atoms with E-state index in [-0.39, 0.29) is 12.1 Å². The summed E-state index contributed by atoms with van der Waals surface area (Å²) in [4.78, 5) is 25.1. The average molecular weight is 306 g/mol. The zero-order valence-electron chi connectivity index (χ0n) is 14.4. The molecule has 0 spiro atoms. The van der Waals surface area contributed by atoms with Crippen molar-refractivity contribution in [3.8, 4) is 0 Å². The van der Waals surface area contributed by atoms with Crippen LogP contribution < -0.4 is 4.90 Å². The van der Waals surface area contributed by atoms with E-state index < -0.39 is 5.60 Å². The van der Waals surface area contributed by atoms with Gasteiger partial charge in [0.25, 0.3) is 0 Å². The summed E-state index contributed by atoms with van der Waals surface area (Å²) in [5, 5.41) is 0. The maximum absolute atomic E-state index is 12.2. The normalized spacial score (nSPS) is 19.3. The molecule has 6 heteroatoms. The summed E-state index contributed by atoms with van der Waals surface area (Å²) in [5.41, 5.74) is 1.46. The van der Waals surface area contributed by atoms with Crippen molar-refractivity contribution in [1.82, 2.24) is 14.9 Å². The smallest absolute Gasteiger partial charge is 0.410 e. The molecular formula is C16H26N4O2. The first-order valence-corrected chi connectivity index (χ1v) is 7.72. The van der Waals surface area contributed by atoms with Crippen molar-refractivity contribution >= 4 is 12.0 Å². The number of rotatable bonds is 1. The highest BCUT2D eigenvalue weighted by Crippen LogP contribution is 2.19. The molecule has 2 rings (SSSR count). The number of aryl methyl sites for hydroxylation is 2. The summed E-state index contributed by atoms with van der Waals surface area (Å²) in [5.74, 6) is 0.744. The summed E-state index contributed by atoms with van der Waals surface area (Å²) in [6.45, 7) is 13.7. The number of carbonyl (C=O) groups excluding carboxylic acids is 1. The third-order valence-electron chi connectivity index (χ3n) is 3.51. The van der Waals surface area contributed by atoms with Gasteiger partial charge in [0.1, 0.15) is 5.60 Å². The Labute approximate surface area is 132 Å². The van der Waals surface area contributed by atoms with Crippen LogP contribution in [0, 0.1) is 13.8 Å². The van der Waals surface area contributed by atoms with Crippen molar-refractivity contribution in [3.63, 3.8) is 0 Å². The molecule has 122 valence electrons. The monoisotopic (exact) mass is 306 g/mol. The first-order valence-electron chi connectivity index (χ1n) is 7.72. The number of anilines is 1. The van der Waals surface area contributed by atoms with Crippen LogP contribution in [0.2, 0.25) is 0 Å². The quantitative estimate of drug-likeness (QED) is 0.798. The number of hydrogen-bond donors (Lipinski definition) is 0. The highest BCUT2D eigenvalue weighted by Gasteiger charge is 2.31. The predicted molar refractivity (Wildman–Crippen MR) is 86.1 cm³/mol. The van der Waals surface area contributed by atoms with Crippen LogP contribution >= 0.6 is 0 Å². The maximum Gasteiger partial charge on any atom is 0.410 e. The van der Waals surface area contributed by atoms with Crippen LogP contribution in [-0.4, -0.2) is 52.2 Å². The van der Waals surface area contributed by atoms with Crippen LogP contribution in [0.4, 0.5) is 10.7 Å². The molecule has 22 heavy (non-hydrogen) atoms. The van der Waals surface area contributed by atoms with E-state index in [2.05, 4.69) is 14.9 Å². The number of hydrogen-bond acceptors (Lipinski definition) is 5. The molecule has 0 N–H and O–H groups in total. The molecule has 1 amide bonds. The number of ether oxygens (including phenoxy) is 1. The second kappa shape index (κ2) is 6.10. The van der Waals surface area contributed by atoms with E-state index in [0.29, 0.717) is 19.6 Å². The molecule has 0 radical (unpaired) electrons. The van der Waals surface area contributed by atoms with Gasteiger partial charge in [0.2, 0.25) is 5.95 Å². The third kappa shape index (κ3) is 4.08. The van der Waals surface area contributed by atoms with Gasteiger partial charge in [-0.05, 0) is 47.6 Å². The van der Waals surface area contributed by atoms with E-state index in [9.17, 15) is 4.79 Å². The van der Waals surface area contributed by atoms with Crippen LogP contribution in [0.1, 0.15) is 39.1 Å². The second-order valence-corrected chi connectivity index (χ2v) is 6.92. The lowest BCUT2D eigenvalue weighted by atomic mass is 10.2. The van der Waals surface area contributed by atoms with Gasteiger partial charge < -0.3 is 14.5 Å². The molecular weight excluding hydrogens is 280 g/mol. The molecule has 1 aliphatic heterocycles. The van der Waals surface area contributed by atoms with Crippen molar-refractivity contribution in [1.29, 1.82) is 0 Å². The van der Waals surface area contributed by atoms with Gasteiger partial charge in [0.15, 0.2) is 0 Å². The number of amides is 1. The van der Waals surface area contributed by atoms with Gasteiger partial charge in [-0.25, -0.2) is 14.8 Å². The summed E-state index contributed by atoms with van der Waals surface area (Å²) in [7, 11) is 0. The SMILES string of the molecule is Cc1cc(C)nc(N2CCN(C(=O)OC(C)(C)C)[C@@H](C)C2)n1. The first kappa shape index (κ1) is 16.5. The molecule has 2 heterocycles. The van der Waals surface area contributed by atoms with Gasteiger partial charge in [-0.15, -0.1) is 0 Å². The first-order chi connectivity index (χ1) is 10.2. The van der Waals surface area contributed by atoms with Crippen molar-refractivity contribution in [2.45, 2.75) is 53.2 Å². The van der Waals surface area contributed by atoms with Crippen LogP contribution in [0.15, 0.2) is 6.07 Å². The van der Waals surface area contributed by atoms with E-state index >= 15 is 0 Å². The largest absolute Gasteiger partial charge is 0.444 e. The van der Waals surface area contributed by atoms with Crippen molar-refractivity contribution < 1.29 is 9.53 Å². The fourth-order valence-corrected chi connectivity index (χ4v) is 2.58. The summed E-state index contributed by atoms with van der Waals surface area (Å²) in [6, 6.07) is 2.03. The highest BCUT2D eigenvalue weighted by atomic mass is 16.6. The molecule has 0 aromatic carbocycles. The Balaban J connectivity index is 2.05. The Kier molecular flexibility index (Phi) is 4.58. The molecule has 0 saturated carbocycles. The Morgan fingerprint density at radius 3 is 2.32 bits per heavy atom. The Hall–Kier alpha value is -1.85. The zero-order chi connectivity index (χ0) is 16.5. The number of aromatic nitrogens is 2. The number of carbonyl (C=O) groups is 1. The average Bonchev–Trinajstić information content (AvgIpc) is 2.35. The summed E-state index contributed by atoms with van der Waals surface area (Å²) < 4.78 is 5.46. The van der Waals surface area contributed by atoms with Gasteiger partial charge in [-0.2, -0.15) is 0 Å². The van der Waals surface area contributed by atoms with E-state index in [1.54, 1.807) is 4.90 Å². The lowest BCUT2D eigenvalue weighted by Gasteiger charge is -2.40. The Morgan fingerprint density at radius 1 is 1.23 bits per heavy atom. The molecule has 1 aromatic rings. The predicted octanol–water partition coefficient (Wildman–Crippen LogP) is 2.54. The van der Waals surface area contributed by atoms with Gasteiger partial charge >= 0.3 is 6.09 Å². The van der Waals surface area contributed by atoms with E-state index in [0.717, 1.165) is 17.3 Å². The molecule has 1 fully saturated rings. The molecule has 6 nitrogen and oxygen atoms in total. The van der Waals surface area contributed by atoms with Crippen LogP contribution in [0.5, 0.6) is 0 Å². The fourth-order valence-electron chi connectivity index (χ4n) is 2.58. The molecule has 1 saturated heterocycles. The number of nitrogens with zero attached hydrogens (tertiary/aromatic N) is 4. The van der Waals surface area contributed by atoms with Gasteiger partial charge in [-0.3, -0.25) is 0 Å². The lowest BCUT2D eigenvalue weighted by Crippen LogP contribution is -2.55. The van der Waals surface area contributed by atoms with Crippen LogP contribution in [-0.2, 0) is 4.74 Å². The molecule has 0 unspecified atom stereocenters. The topological polar surface area (TPSA) is 58.6 Å². The van der Waals surface area contributed by atoms with E-state index in [1.165, 1.54) is 0 Å². The minimum absolute atomic E-state index is 0.0630. The Bertz CT molecular complexity index is 533. The van der Waals surface area contributed by atoms with E-state index in [1.807, 2.05) is 47.6 Å².